The highest BCUT2D eigenvalue weighted by molar-refractivity contribution is 7.87. The number of rotatable bonds is 2. The Morgan fingerprint density at radius 1 is 1.50 bits per heavy atom. The molecule has 8 heteroatoms. The van der Waals surface area contributed by atoms with Crippen LogP contribution in [0, 0.1) is 0 Å². The lowest BCUT2D eigenvalue weighted by molar-refractivity contribution is -0.120. The fourth-order valence-electron chi connectivity index (χ4n) is 1.58. The fraction of sp³-hybridized carbons (Fsp3) is 0.375. The molecule has 1 amide bonds. The molecule has 1 aliphatic rings. The third-order valence-electron chi connectivity index (χ3n) is 2.30. The van der Waals surface area contributed by atoms with Gasteiger partial charge in [0.1, 0.15) is 6.04 Å². The van der Waals surface area contributed by atoms with Crippen LogP contribution in [0.5, 0.6) is 0 Å². The van der Waals surface area contributed by atoms with Gasteiger partial charge in [-0.05, 0) is 17.9 Å². The minimum Gasteiger partial charge on any atom is -0.368 e. The van der Waals surface area contributed by atoms with Gasteiger partial charge in [-0.1, -0.05) is 6.07 Å². The fourth-order valence-corrected chi connectivity index (χ4v) is 3.70. The van der Waals surface area contributed by atoms with E-state index in [1.165, 1.54) is 11.3 Å². The van der Waals surface area contributed by atoms with E-state index in [1.54, 1.807) is 0 Å². The first kappa shape index (κ1) is 11.5. The maximum Gasteiger partial charge on any atom is 0.278 e. The Hall–Kier alpha value is -0.960. The van der Waals surface area contributed by atoms with Gasteiger partial charge < -0.3 is 5.73 Å². The maximum atomic E-state index is 11.4. The molecule has 2 atom stereocenters. The highest BCUT2D eigenvalue weighted by Crippen LogP contribution is 2.26. The van der Waals surface area contributed by atoms with Gasteiger partial charge >= 0.3 is 0 Å². The average Bonchev–Trinajstić information content (AvgIpc) is 2.67. The van der Waals surface area contributed by atoms with Crippen LogP contribution < -0.4 is 15.2 Å². The van der Waals surface area contributed by atoms with Crippen LogP contribution in [0.2, 0.25) is 0 Å². The summed E-state index contributed by atoms with van der Waals surface area (Å²) in [5, 5.41) is 1.85. The van der Waals surface area contributed by atoms with Crippen LogP contribution in [0.4, 0.5) is 0 Å². The van der Waals surface area contributed by atoms with E-state index in [9.17, 15) is 13.2 Å². The molecule has 2 rings (SSSR count). The van der Waals surface area contributed by atoms with E-state index in [2.05, 4.69) is 9.44 Å². The van der Waals surface area contributed by atoms with Crippen molar-refractivity contribution in [3.05, 3.63) is 22.4 Å². The lowest BCUT2D eigenvalue weighted by Gasteiger charge is -2.28. The molecule has 4 N–H and O–H groups in total. The van der Waals surface area contributed by atoms with Crippen LogP contribution >= 0.6 is 11.3 Å². The molecule has 1 aliphatic heterocycles. The molecule has 1 saturated heterocycles. The molecule has 1 fully saturated rings. The van der Waals surface area contributed by atoms with Crippen molar-refractivity contribution in [2.75, 3.05) is 0 Å². The summed E-state index contributed by atoms with van der Waals surface area (Å²) in [6, 6.07) is 2.42. The number of hydrogen-bond donors (Lipinski definition) is 3. The average molecular weight is 261 g/mol. The zero-order valence-electron chi connectivity index (χ0n) is 8.21. The normalized spacial score (nSPS) is 28.8. The first-order chi connectivity index (χ1) is 7.48. The Morgan fingerprint density at radius 2 is 2.25 bits per heavy atom. The largest absolute Gasteiger partial charge is 0.368 e. The zero-order chi connectivity index (χ0) is 11.8. The van der Waals surface area contributed by atoms with Crippen molar-refractivity contribution in [3.63, 3.8) is 0 Å². The van der Waals surface area contributed by atoms with E-state index in [0.717, 1.165) is 4.88 Å². The van der Waals surface area contributed by atoms with Gasteiger partial charge in [0.2, 0.25) is 5.91 Å². The number of hydrogen-bond acceptors (Lipinski definition) is 4. The number of amides is 1. The van der Waals surface area contributed by atoms with Crippen molar-refractivity contribution >= 4 is 27.5 Å². The summed E-state index contributed by atoms with van der Waals surface area (Å²) in [7, 11) is -3.65. The first-order valence-corrected chi connectivity index (χ1v) is 6.96. The molecule has 2 unspecified atom stereocenters. The van der Waals surface area contributed by atoms with E-state index < -0.39 is 22.2 Å². The molecular weight excluding hydrogens is 250 g/mol. The molecule has 0 aliphatic carbocycles. The number of nitrogens with one attached hydrogen (secondary N) is 2. The van der Waals surface area contributed by atoms with E-state index in [1.807, 2.05) is 17.5 Å². The SMILES string of the molecule is NC(=O)C1CC(c2cccs2)NS(=O)(=O)N1. The Balaban J connectivity index is 2.25. The van der Waals surface area contributed by atoms with Crippen molar-refractivity contribution < 1.29 is 13.2 Å². The highest BCUT2D eigenvalue weighted by Gasteiger charge is 2.34. The second-order valence-electron chi connectivity index (χ2n) is 3.50. The van der Waals surface area contributed by atoms with Gasteiger partial charge in [-0.25, -0.2) is 0 Å². The summed E-state index contributed by atoms with van der Waals surface area (Å²) in [6.07, 6.45) is 0.328. The first-order valence-electron chi connectivity index (χ1n) is 4.60. The number of thiophene rings is 1. The van der Waals surface area contributed by atoms with Gasteiger partial charge in [0, 0.05) is 4.88 Å². The summed E-state index contributed by atoms with van der Waals surface area (Å²) in [5.74, 6) is -0.661. The van der Waals surface area contributed by atoms with E-state index >= 15 is 0 Å². The maximum absolute atomic E-state index is 11.4. The molecule has 0 saturated carbocycles. The van der Waals surface area contributed by atoms with Gasteiger partial charge in [-0.2, -0.15) is 17.9 Å². The molecule has 16 heavy (non-hydrogen) atoms. The number of carbonyl (C=O) groups excluding carboxylic acids is 1. The second-order valence-corrected chi connectivity index (χ2v) is 5.96. The van der Waals surface area contributed by atoms with E-state index in [4.69, 9.17) is 5.73 Å². The zero-order valence-corrected chi connectivity index (χ0v) is 9.85. The quantitative estimate of drug-likeness (QED) is 0.667. The van der Waals surface area contributed by atoms with Gasteiger partial charge in [0.25, 0.3) is 10.2 Å². The Bertz CT molecular complexity index is 483. The minimum absolute atomic E-state index is 0.328. The smallest absolute Gasteiger partial charge is 0.278 e. The Labute approximate surface area is 97.0 Å². The molecule has 2 heterocycles. The Kier molecular flexibility index (Phi) is 2.98. The lowest BCUT2D eigenvalue weighted by Crippen LogP contribution is -2.55. The topological polar surface area (TPSA) is 101 Å². The van der Waals surface area contributed by atoms with Gasteiger partial charge in [-0.3, -0.25) is 4.79 Å². The van der Waals surface area contributed by atoms with Crippen LogP contribution in [-0.4, -0.2) is 20.4 Å². The molecule has 0 bridgehead atoms. The highest BCUT2D eigenvalue weighted by atomic mass is 32.2. The van der Waals surface area contributed by atoms with Gasteiger partial charge in [-0.15, -0.1) is 11.3 Å². The monoisotopic (exact) mass is 261 g/mol. The third-order valence-corrected chi connectivity index (χ3v) is 4.47. The predicted molar refractivity (Wildman–Crippen MR) is 59.9 cm³/mol. The van der Waals surface area contributed by atoms with Crippen molar-refractivity contribution in [1.29, 1.82) is 0 Å². The molecule has 0 radical (unpaired) electrons. The van der Waals surface area contributed by atoms with Gasteiger partial charge in [0.15, 0.2) is 0 Å². The van der Waals surface area contributed by atoms with Crippen LogP contribution in [0.1, 0.15) is 17.3 Å². The molecule has 0 spiro atoms. The van der Waals surface area contributed by atoms with Gasteiger partial charge in [0.05, 0.1) is 6.04 Å². The summed E-state index contributed by atoms with van der Waals surface area (Å²) in [5.41, 5.74) is 5.11. The van der Waals surface area contributed by atoms with Crippen molar-refractivity contribution in [2.24, 2.45) is 5.73 Å². The van der Waals surface area contributed by atoms with Crippen LogP contribution in [-0.2, 0) is 15.0 Å². The molecule has 0 aromatic carbocycles. The molecule has 1 aromatic heterocycles. The predicted octanol–water partition coefficient (Wildman–Crippen LogP) is -0.529. The van der Waals surface area contributed by atoms with E-state index in [0.29, 0.717) is 6.42 Å². The summed E-state index contributed by atoms with van der Waals surface area (Å²) in [4.78, 5) is 11.9. The van der Waals surface area contributed by atoms with Crippen LogP contribution in [0.25, 0.3) is 0 Å². The van der Waals surface area contributed by atoms with Crippen molar-refractivity contribution in [2.45, 2.75) is 18.5 Å². The number of carbonyl (C=O) groups is 1. The molecule has 88 valence electrons. The van der Waals surface area contributed by atoms with Crippen LogP contribution in [0.3, 0.4) is 0 Å². The number of nitrogens with two attached hydrogens (primary N) is 1. The van der Waals surface area contributed by atoms with E-state index in [-0.39, 0.29) is 6.04 Å². The number of primary amides is 1. The van der Waals surface area contributed by atoms with Crippen molar-refractivity contribution in [1.82, 2.24) is 9.44 Å². The summed E-state index contributed by atoms with van der Waals surface area (Å²) >= 11 is 1.44. The summed E-state index contributed by atoms with van der Waals surface area (Å²) < 4.78 is 27.5. The Morgan fingerprint density at radius 3 is 2.81 bits per heavy atom. The molecule has 1 aromatic rings. The van der Waals surface area contributed by atoms with Crippen molar-refractivity contribution in [3.8, 4) is 0 Å². The second kappa shape index (κ2) is 4.13. The standard InChI is InChI=1S/C8H11N3O3S2/c9-8(12)6-4-5(7-2-1-3-15-7)10-16(13,14)11-6/h1-3,5-6,10-11H,4H2,(H2,9,12). The van der Waals surface area contributed by atoms with Crippen LogP contribution in [0.15, 0.2) is 17.5 Å². The lowest BCUT2D eigenvalue weighted by atomic mass is 10.1. The summed E-state index contributed by atoms with van der Waals surface area (Å²) in [6.45, 7) is 0. The minimum atomic E-state index is -3.65. The molecule has 6 nitrogen and oxygen atoms in total. The molecular formula is C8H11N3O3S2. The third kappa shape index (κ3) is 2.40.